The molecule has 6 heteroatoms. The van der Waals surface area contributed by atoms with Gasteiger partial charge in [0.05, 0.1) is 6.04 Å². The fraction of sp³-hybridized carbons (Fsp3) is 0.350. The summed E-state index contributed by atoms with van der Waals surface area (Å²) in [5.41, 5.74) is 1.65. The number of nitrogens with zero attached hydrogens (tertiary/aromatic N) is 3. The molecule has 1 fully saturated rings. The van der Waals surface area contributed by atoms with Crippen molar-refractivity contribution in [1.29, 1.82) is 0 Å². The zero-order valence-electron chi connectivity index (χ0n) is 15.2. The van der Waals surface area contributed by atoms with Gasteiger partial charge in [0.2, 0.25) is 5.91 Å². The molecule has 1 aromatic carbocycles. The molecule has 0 bridgehead atoms. The summed E-state index contributed by atoms with van der Waals surface area (Å²) >= 11 is 0. The molecule has 6 nitrogen and oxygen atoms in total. The van der Waals surface area contributed by atoms with Gasteiger partial charge in [-0.05, 0) is 24.6 Å². The van der Waals surface area contributed by atoms with Crippen LogP contribution in [0.2, 0.25) is 0 Å². The maximum absolute atomic E-state index is 12.6. The number of rotatable bonds is 4. The lowest BCUT2D eigenvalue weighted by molar-refractivity contribution is -0.129. The number of hydrogen-bond donors (Lipinski definition) is 1. The van der Waals surface area contributed by atoms with Gasteiger partial charge in [-0.25, -0.2) is 4.98 Å². The Hall–Kier alpha value is -2.89. The van der Waals surface area contributed by atoms with Crippen molar-refractivity contribution in [3.05, 3.63) is 59.8 Å². The Morgan fingerprint density at radius 2 is 1.77 bits per heavy atom. The van der Waals surface area contributed by atoms with Crippen molar-refractivity contribution in [2.24, 2.45) is 0 Å². The van der Waals surface area contributed by atoms with Crippen LogP contribution in [0.4, 0.5) is 5.82 Å². The number of anilines is 1. The van der Waals surface area contributed by atoms with E-state index >= 15 is 0 Å². The molecule has 136 valence electrons. The second-order valence-corrected chi connectivity index (χ2v) is 6.50. The highest BCUT2D eigenvalue weighted by Crippen LogP contribution is 2.17. The SMILES string of the molecule is CC(=O)N1CCN(c2cc(C(=O)NC(C)c3ccccc3)ccn2)CC1. The van der Waals surface area contributed by atoms with Crippen molar-refractivity contribution in [1.82, 2.24) is 15.2 Å². The number of pyridine rings is 1. The second kappa shape index (κ2) is 7.99. The van der Waals surface area contributed by atoms with Gasteiger partial charge in [-0.1, -0.05) is 30.3 Å². The van der Waals surface area contributed by atoms with E-state index in [0.717, 1.165) is 24.5 Å². The summed E-state index contributed by atoms with van der Waals surface area (Å²) in [7, 11) is 0. The average molecular weight is 352 g/mol. The number of aromatic nitrogens is 1. The number of carbonyl (C=O) groups is 2. The van der Waals surface area contributed by atoms with Crippen LogP contribution in [0.3, 0.4) is 0 Å². The maximum Gasteiger partial charge on any atom is 0.251 e. The average Bonchev–Trinajstić information content (AvgIpc) is 2.68. The number of carbonyl (C=O) groups excluding carboxylic acids is 2. The predicted octanol–water partition coefficient (Wildman–Crippen LogP) is 2.24. The number of nitrogens with one attached hydrogen (secondary N) is 1. The number of piperazine rings is 1. The normalized spacial score (nSPS) is 15.5. The monoisotopic (exact) mass is 352 g/mol. The highest BCUT2D eigenvalue weighted by molar-refractivity contribution is 5.95. The van der Waals surface area contributed by atoms with Crippen LogP contribution in [0, 0.1) is 0 Å². The van der Waals surface area contributed by atoms with Gasteiger partial charge in [-0.2, -0.15) is 0 Å². The molecule has 0 radical (unpaired) electrons. The maximum atomic E-state index is 12.6. The van der Waals surface area contributed by atoms with Gasteiger partial charge in [0, 0.05) is 44.9 Å². The highest BCUT2D eigenvalue weighted by atomic mass is 16.2. The Balaban J connectivity index is 1.65. The Bertz CT molecular complexity index is 770. The van der Waals surface area contributed by atoms with E-state index in [0.29, 0.717) is 18.7 Å². The third-order valence-corrected chi connectivity index (χ3v) is 4.70. The number of amides is 2. The zero-order valence-corrected chi connectivity index (χ0v) is 15.2. The van der Waals surface area contributed by atoms with E-state index in [1.165, 1.54) is 0 Å². The molecule has 26 heavy (non-hydrogen) atoms. The van der Waals surface area contributed by atoms with Gasteiger partial charge in [-0.3, -0.25) is 9.59 Å². The van der Waals surface area contributed by atoms with Crippen LogP contribution >= 0.6 is 0 Å². The molecule has 0 spiro atoms. The largest absolute Gasteiger partial charge is 0.353 e. The Kier molecular flexibility index (Phi) is 5.51. The summed E-state index contributed by atoms with van der Waals surface area (Å²) in [6, 6.07) is 13.3. The lowest BCUT2D eigenvalue weighted by atomic mass is 10.1. The highest BCUT2D eigenvalue weighted by Gasteiger charge is 2.20. The zero-order chi connectivity index (χ0) is 18.5. The van der Waals surface area contributed by atoms with E-state index < -0.39 is 0 Å². The molecule has 3 rings (SSSR count). The topological polar surface area (TPSA) is 65.5 Å². The molecule has 2 aromatic rings. The van der Waals surface area contributed by atoms with Gasteiger partial charge >= 0.3 is 0 Å². The van der Waals surface area contributed by atoms with E-state index in [1.807, 2.05) is 48.2 Å². The Morgan fingerprint density at radius 3 is 2.42 bits per heavy atom. The summed E-state index contributed by atoms with van der Waals surface area (Å²) in [6.45, 7) is 6.36. The van der Waals surface area contributed by atoms with Gasteiger partial charge in [-0.15, -0.1) is 0 Å². The minimum atomic E-state index is -0.118. The molecule has 1 unspecified atom stereocenters. The standard InChI is InChI=1S/C20H24N4O2/c1-15(17-6-4-3-5-7-17)22-20(26)18-8-9-21-19(14-18)24-12-10-23(11-13-24)16(2)25/h3-9,14-15H,10-13H2,1-2H3,(H,22,26). The second-order valence-electron chi connectivity index (χ2n) is 6.50. The molecule has 1 aliphatic rings. The van der Waals surface area contributed by atoms with Crippen molar-refractivity contribution >= 4 is 17.6 Å². The van der Waals surface area contributed by atoms with E-state index in [9.17, 15) is 9.59 Å². The van der Waals surface area contributed by atoms with Crippen LogP contribution in [0.1, 0.15) is 35.8 Å². The molecular formula is C20H24N4O2. The van der Waals surface area contributed by atoms with E-state index in [1.54, 1.807) is 19.2 Å². The third kappa shape index (κ3) is 4.20. The molecule has 1 atom stereocenters. The summed E-state index contributed by atoms with van der Waals surface area (Å²) < 4.78 is 0. The van der Waals surface area contributed by atoms with Crippen LogP contribution in [0.15, 0.2) is 48.7 Å². The smallest absolute Gasteiger partial charge is 0.251 e. The van der Waals surface area contributed by atoms with Crippen LogP contribution in [0.5, 0.6) is 0 Å². The van der Waals surface area contributed by atoms with Crippen molar-refractivity contribution in [2.75, 3.05) is 31.1 Å². The van der Waals surface area contributed by atoms with E-state index in [2.05, 4.69) is 15.2 Å². The minimum Gasteiger partial charge on any atom is -0.353 e. The van der Waals surface area contributed by atoms with Crippen LogP contribution < -0.4 is 10.2 Å². The molecule has 1 saturated heterocycles. The first-order valence-corrected chi connectivity index (χ1v) is 8.87. The van der Waals surface area contributed by atoms with Gasteiger partial charge in [0.25, 0.3) is 5.91 Å². The van der Waals surface area contributed by atoms with Crippen molar-refractivity contribution in [2.45, 2.75) is 19.9 Å². The fourth-order valence-electron chi connectivity index (χ4n) is 3.09. The molecular weight excluding hydrogens is 328 g/mol. The molecule has 1 N–H and O–H groups in total. The first kappa shape index (κ1) is 17.9. The quantitative estimate of drug-likeness (QED) is 0.916. The first-order valence-electron chi connectivity index (χ1n) is 8.87. The third-order valence-electron chi connectivity index (χ3n) is 4.70. The van der Waals surface area contributed by atoms with Crippen molar-refractivity contribution in [3.8, 4) is 0 Å². The predicted molar refractivity (Wildman–Crippen MR) is 101 cm³/mol. The number of benzene rings is 1. The summed E-state index contributed by atoms with van der Waals surface area (Å²) in [5.74, 6) is 0.751. The summed E-state index contributed by atoms with van der Waals surface area (Å²) in [4.78, 5) is 32.4. The molecule has 2 heterocycles. The van der Waals surface area contributed by atoms with Crippen molar-refractivity contribution < 1.29 is 9.59 Å². The van der Waals surface area contributed by atoms with Crippen molar-refractivity contribution in [3.63, 3.8) is 0 Å². The van der Waals surface area contributed by atoms with Crippen LogP contribution in [-0.2, 0) is 4.79 Å². The summed E-state index contributed by atoms with van der Waals surface area (Å²) in [5, 5.41) is 3.03. The van der Waals surface area contributed by atoms with E-state index in [4.69, 9.17) is 0 Å². The minimum absolute atomic E-state index is 0.0700. The van der Waals surface area contributed by atoms with Gasteiger partial charge in [0.15, 0.2) is 0 Å². The van der Waals surface area contributed by atoms with Gasteiger partial charge in [0.1, 0.15) is 5.82 Å². The lowest BCUT2D eigenvalue weighted by Crippen LogP contribution is -2.48. The van der Waals surface area contributed by atoms with E-state index in [-0.39, 0.29) is 17.9 Å². The molecule has 1 aliphatic heterocycles. The Morgan fingerprint density at radius 1 is 1.08 bits per heavy atom. The first-order chi connectivity index (χ1) is 12.5. The molecule has 0 saturated carbocycles. The fourth-order valence-corrected chi connectivity index (χ4v) is 3.09. The van der Waals surface area contributed by atoms with Crippen LogP contribution in [0.25, 0.3) is 0 Å². The number of hydrogen-bond acceptors (Lipinski definition) is 4. The molecule has 0 aliphatic carbocycles. The molecule has 1 aromatic heterocycles. The molecule has 2 amide bonds. The summed E-state index contributed by atoms with van der Waals surface area (Å²) in [6.07, 6.45) is 1.66. The lowest BCUT2D eigenvalue weighted by Gasteiger charge is -2.35. The van der Waals surface area contributed by atoms with Crippen LogP contribution in [-0.4, -0.2) is 47.9 Å². The Labute approximate surface area is 153 Å². The van der Waals surface area contributed by atoms with Gasteiger partial charge < -0.3 is 15.1 Å².